The number of aryl methyl sites for hydroxylation is 2. The quantitative estimate of drug-likeness (QED) is 0.694. The van der Waals surface area contributed by atoms with Crippen molar-refractivity contribution in [2.45, 2.75) is 13.8 Å². The Labute approximate surface area is 81.0 Å². The maximum Gasteiger partial charge on any atom is 0.149 e. The van der Waals surface area contributed by atoms with Gasteiger partial charge in [-0.15, -0.1) is 0 Å². The molecule has 0 amide bonds. The van der Waals surface area contributed by atoms with Gasteiger partial charge in [-0.2, -0.15) is 0 Å². The van der Waals surface area contributed by atoms with Gasteiger partial charge in [0, 0.05) is 10.9 Å². The predicted molar refractivity (Wildman–Crippen MR) is 52.8 cm³/mol. The maximum atomic E-state index is 13.3. The standard InChI is InChI=1S/C11H10FNO/c1-6-8-4-3-5-9(12)10(8)13-7(2)11(6)14/h3-5,14H,1-2H3. The van der Waals surface area contributed by atoms with E-state index in [0.717, 1.165) is 0 Å². The number of nitrogens with zero attached hydrogens (tertiary/aromatic N) is 1. The Balaban J connectivity index is 2.98. The van der Waals surface area contributed by atoms with Crippen LogP contribution in [0.5, 0.6) is 5.75 Å². The van der Waals surface area contributed by atoms with Gasteiger partial charge >= 0.3 is 0 Å². The van der Waals surface area contributed by atoms with E-state index in [1.807, 2.05) is 0 Å². The molecule has 72 valence electrons. The first-order valence-corrected chi connectivity index (χ1v) is 4.35. The lowest BCUT2D eigenvalue weighted by atomic mass is 10.1. The number of pyridine rings is 1. The molecule has 0 unspecified atom stereocenters. The summed E-state index contributed by atoms with van der Waals surface area (Å²) in [5.41, 5.74) is 1.45. The first kappa shape index (κ1) is 8.94. The van der Waals surface area contributed by atoms with Crippen LogP contribution in [0.15, 0.2) is 18.2 Å². The van der Waals surface area contributed by atoms with Crippen molar-refractivity contribution in [1.29, 1.82) is 0 Å². The predicted octanol–water partition coefficient (Wildman–Crippen LogP) is 2.70. The molecule has 3 heteroatoms. The van der Waals surface area contributed by atoms with Gasteiger partial charge < -0.3 is 5.11 Å². The number of fused-ring (bicyclic) bond motifs is 1. The molecular weight excluding hydrogens is 181 g/mol. The van der Waals surface area contributed by atoms with E-state index in [1.165, 1.54) is 6.07 Å². The van der Waals surface area contributed by atoms with Gasteiger partial charge in [-0.05, 0) is 19.9 Å². The molecule has 0 spiro atoms. The molecule has 0 radical (unpaired) electrons. The van der Waals surface area contributed by atoms with Crippen molar-refractivity contribution >= 4 is 10.9 Å². The van der Waals surface area contributed by atoms with Crippen LogP contribution in [0.3, 0.4) is 0 Å². The molecule has 2 nitrogen and oxygen atoms in total. The van der Waals surface area contributed by atoms with Crippen molar-refractivity contribution in [2.75, 3.05) is 0 Å². The summed E-state index contributed by atoms with van der Waals surface area (Å²) in [6.07, 6.45) is 0. The van der Waals surface area contributed by atoms with Gasteiger partial charge in [0.15, 0.2) is 0 Å². The van der Waals surface area contributed by atoms with Crippen LogP contribution in [0, 0.1) is 19.7 Å². The summed E-state index contributed by atoms with van der Waals surface area (Å²) >= 11 is 0. The zero-order valence-corrected chi connectivity index (χ0v) is 8.00. The summed E-state index contributed by atoms with van der Waals surface area (Å²) in [5.74, 6) is -0.211. The van der Waals surface area contributed by atoms with Gasteiger partial charge in [0.05, 0.1) is 5.69 Å². The lowest BCUT2D eigenvalue weighted by Gasteiger charge is -2.07. The van der Waals surface area contributed by atoms with Gasteiger partial charge in [-0.1, -0.05) is 12.1 Å². The third kappa shape index (κ3) is 1.13. The van der Waals surface area contributed by atoms with E-state index < -0.39 is 0 Å². The van der Waals surface area contributed by atoms with Crippen molar-refractivity contribution < 1.29 is 9.50 Å². The number of para-hydroxylation sites is 1. The molecule has 0 saturated heterocycles. The number of hydrogen-bond acceptors (Lipinski definition) is 2. The van der Waals surface area contributed by atoms with E-state index in [2.05, 4.69) is 4.98 Å². The van der Waals surface area contributed by atoms with Crippen LogP contribution in [0.25, 0.3) is 10.9 Å². The summed E-state index contributed by atoms with van der Waals surface area (Å²) in [7, 11) is 0. The molecule has 0 bridgehead atoms. The zero-order valence-electron chi connectivity index (χ0n) is 8.00. The largest absolute Gasteiger partial charge is 0.506 e. The lowest BCUT2D eigenvalue weighted by molar-refractivity contribution is 0.464. The monoisotopic (exact) mass is 191 g/mol. The lowest BCUT2D eigenvalue weighted by Crippen LogP contribution is -1.91. The highest BCUT2D eigenvalue weighted by atomic mass is 19.1. The van der Waals surface area contributed by atoms with Gasteiger partial charge in [0.25, 0.3) is 0 Å². The average Bonchev–Trinajstić information content (AvgIpc) is 2.17. The number of benzene rings is 1. The second-order valence-corrected chi connectivity index (χ2v) is 3.31. The smallest absolute Gasteiger partial charge is 0.149 e. The molecule has 1 N–H and O–H groups in total. The molecule has 0 saturated carbocycles. The van der Waals surface area contributed by atoms with Crippen molar-refractivity contribution in [2.24, 2.45) is 0 Å². The Morgan fingerprint density at radius 1 is 1.29 bits per heavy atom. The molecule has 0 aliphatic rings. The third-order valence-electron chi connectivity index (χ3n) is 2.37. The first-order chi connectivity index (χ1) is 6.61. The van der Waals surface area contributed by atoms with Gasteiger partial charge in [0.2, 0.25) is 0 Å². The topological polar surface area (TPSA) is 33.1 Å². The van der Waals surface area contributed by atoms with Crippen LogP contribution in [0.2, 0.25) is 0 Å². The van der Waals surface area contributed by atoms with E-state index in [-0.39, 0.29) is 11.6 Å². The van der Waals surface area contributed by atoms with Crippen LogP contribution < -0.4 is 0 Å². The highest BCUT2D eigenvalue weighted by Gasteiger charge is 2.10. The molecule has 1 heterocycles. The highest BCUT2D eigenvalue weighted by Crippen LogP contribution is 2.28. The SMILES string of the molecule is Cc1nc2c(F)cccc2c(C)c1O. The molecule has 0 aliphatic heterocycles. The molecule has 1 aromatic heterocycles. The van der Waals surface area contributed by atoms with Crippen LogP contribution in [-0.4, -0.2) is 10.1 Å². The summed E-state index contributed by atoms with van der Waals surface area (Å²) in [5, 5.41) is 10.3. The summed E-state index contributed by atoms with van der Waals surface area (Å²) in [4.78, 5) is 4.01. The molecule has 0 fully saturated rings. The number of hydrogen-bond donors (Lipinski definition) is 1. The van der Waals surface area contributed by atoms with E-state index in [4.69, 9.17) is 0 Å². The van der Waals surface area contributed by atoms with E-state index in [1.54, 1.807) is 26.0 Å². The van der Waals surface area contributed by atoms with Crippen molar-refractivity contribution in [1.82, 2.24) is 4.98 Å². The number of halogens is 1. The maximum absolute atomic E-state index is 13.3. The highest BCUT2D eigenvalue weighted by molar-refractivity contribution is 5.84. The van der Waals surface area contributed by atoms with Crippen molar-refractivity contribution in [3.63, 3.8) is 0 Å². The number of aromatic nitrogens is 1. The van der Waals surface area contributed by atoms with E-state index in [0.29, 0.717) is 22.2 Å². The molecule has 14 heavy (non-hydrogen) atoms. The van der Waals surface area contributed by atoms with Gasteiger partial charge in [-0.3, -0.25) is 0 Å². The Bertz CT molecular complexity index is 508. The van der Waals surface area contributed by atoms with Gasteiger partial charge in [-0.25, -0.2) is 9.37 Å². The van der Waals surface area contributed by atoms with Crippen molar-refractivity contribution in [3.05, 3.63) is 35.3 Å². The van der Waals surface area contributed by atoms with Crippen LogP contribution >= 0.6 is 0 Å². The summed E-state index contributed by atoms with van der Waals surface area (Å²) in [6.45, 7) is 3.42. The molecular formula is C11H10FNO. The normalized spacial score (nSPS) is 10.8. The van der Waals surface area contributed by atoms with E-state index >= 15 is 0 Å². The Kier molecular flexibility index (Phi) is 1.88. The fourth-order valence-corrected chi connectivity index (χ4v) is 1.55. The van der Waals surface area contributed by atoms with Crippen LogP contribution in [0.4, 0.5) is 4.39 Å². The minimum atomic E-state index is -0.353. The first-order valence-electron chi connectivity index (χ1n) is 4.35. The second kappa shape index (κ2) is 2.94. The van der Waals surface area contributed by atoms with Crippen LogP contribution in [-0.2, 0) is 0 Å². The minimum Gasteiger partial charge on any atom is -0.506 e. The van der Waals surface area contributed by atoms with Gasteiger partial charge in [0.1, 0.15) is 17.1 Å². The molecule has 2 rings (SSSR count). The molecule has 0 atom stereocenters. The second-order valence-electron chi connectivity index (χ2n) is 3.31. The summed E-state index contributed by atoms with van der Waals surface area (Å²) < 4.78 is 13.3. The zero-order chi connectivity index (χ0) is 10.3. The fourth-order valence-electron chi connectivity index (χ4n) is 1.55. The minimum absolute atomic E-state index is 0.142. The molecule has 2 aromatic rings. The molecule has 0 aliphatic carbocycles. The van der Waals surface area contributed by atoms with Crippen LogP contribution in [0.1, 0.15) is 11.3 Å². The third-order valence-corrected chi connectivity index (χ3v) is 2.37. The van der Waals surface area contributed by atoms with Crippen molar-refractivity contribution in [3.8, 4) is 5.75 Å². The number of aromatic hydroxyl groups is 1. The Morgan fingerprint density at radius 2 is 2.00 bits per heavy atom. The van der Waals surface area contributed by atoms with E-state index in [9.17, 15) is 9.50 Å². The summed E-state index contributed by atoms with van der Waals surface area (Å²) in [6, 6.07) is 4.73. The Morgan fingerprint density at radius 3 is 2.71 bits per heavy atom. The molecule has 1 aromatic carbocycles. The number of rotatable bonds is 0. The Hall–Kier alpha value is -1.64. The average molecular weight is 191 g/mol. The fraction of sp³-hybridized carbons (Fsp3) is 0.182.